The maximum atomic E-state index is 12.4. The van der Waals surface area contributed by atoms with Gasteiger partial charge in [-0.3, -0.25) is 4.79 Å². The Bertz CT molecular complexity index is 972. The smallest absolute Gasteiger partial charge is 0.247 e. The van der Waals surface area contributed by atoms with Crippen LogP contribution in [0, 0.1) is 0 Å². The van der Waals surface area contributed by atoms with Gasteiger partial charge in [0.25, 0.3) is 0 Å². The molecule has 0 aliphatic rings. The zero-order valence-electron chi connectivity index (χ0n) is 12.6. The maximum absolute atomic E-state index is 12.4. The van der Waals surface area contributed by atoms with E-state index in [2.05, 4.69) is 15.2 Å². The summed E-state index contributed by atoms with van der Waals surface area (Å²) in [6, 6.07) is 14.8. The Morgan fingerprint density at radius 3 is 2.75 bits per heavy atom. The second-order valence-corrected chi connectivity index (χ2v) is 5.23. The van der Waals surface area contributed by atoms with Gasteiger partial charge >= 0.3 is 0 Å². The van der Waals surface area contributed by atoms with Gasteiger partial charge in [-0.05, 0) is 30.3 Å². The summed E-state index contributed by atoms with van der Waals surface area (Å²) in [6.07, 6.45) is 2.99. The summed E-state index contributed by atoms with van der Waals surface area (Å²) >= 11 is 0. The van der Waals surface area contributed by atoms with Crippen LogP contribution in [-0.4, -0.2) is 27.6 Å². The number of hydrogen-bond acceptors (Lipinski definition) is 5. The highest BCUT2D eigenvalue weighted by atomic mass is 16.5. The fourth-order valence-corrected chi connectivity index (χ4v) is 2.52. The summed E-state index contributed by atoms with van der Waals surface area (Å²) in [5, 5.41) is 8.38. The molecule has 0 amide bonds. The van der Waals surface area contributed by atoms with Crippen LogP contribution in [0.1, 0.15) is 10.4 Å². The third-order valence-electron chi connectivity index (χ3n) is 3.72. The number of ether oxygens (including phenoxy) is 1. The topological polar surface area (TPSA) is 81.0 Å². The normalized spacial score (nSPS) is 10.8. The molecular weight excluding hydrogens is 306 g/mol. The average molecular weight is 319 g/mol. The molecule has 4 aromatic rings. The number of carbonyl (C=O) groups excluding carboxylic acids is 1. The summed E-state index contributed by atoms with van der Waals surface area (Å²) < 4.78 is 10.7. The molecule has 0 spiro atoms. The number of benzene rings is 2. The van der Waals surface area contributed by atoms with Crippen molar-refractivity contribution in [3.8, 4) is 17.2 Å². The third kappa shape index (κ3) is 2.65. The highest BCUT2D eigenvalue weighted by molar-refractivity contribution is 6.08. The van der Waals surface area contributed by atoms with E-state index in [1.54, 1.807) is 30.5 Å². The Hall–Kier alpha value is -3.41. The van der Waals surface area contributed by atoms with E-state index < -0.39 is 0 Å². The number of fused-ring (bicyclic) bond motifs is 1. The first-order valence-electron chi connectivity index (χ1n) is 7.40. The Kier molecular flexibility index (Phi) is 3.55. The molecule has 118 valence electrons. The minimum Gasteiger partial charge on any atom is -0.485 e. The lowest BCUT2D eigenvalue weighted by Gasteiger charge is -2.05. The molecule has 2 aromatic carbocycles. The van der Waals surface area contributed by atoms with E-state index in [1.165, 1.54) is 6.39 Å². The number of Topliss-reactive ketones (excluding diaryl/α,β-unsaturated/α-hetero) is 1. The minimum absolute atomic E-state index is 0.0260. The number of nitrogens with zero attached hydrogens (tertiary/aromatic N) is 2. The summed E-state index contributed by atoms with van der Waals surface area (Å²) in [4.78, 5) is 15.5. The molecule has 6 heteroatoms. The molecular formula is C18H13N3O3. The molecule has 0 saturated carbocycles. The SMILES string of the molecule is O=C(COc1ccc(-c2nnco2)cc1)c1c[nH]c2ccccc12. The Balaban J connectivity index is 1.45. The van der Waals surface area contributed by atoms with Crippen molar-refractivity contribution in [2.24, 2.45) is 0 Å². The largest absolute Gasteiger partial charge is 0.485 e. The van der Waals surface area contributed by atoms with E-state index >= 15 is 0 Å². The van der Waals surface area contributed by atoms with Gasteiger partial charge in [-0.2, -0.15) is 0 Å². The Labute approximate surface area is 137 Å². The maximum Gasteiger partial charge on any atom is 0.247 e. The molecule has 0 unspecified atom stereocenters. The molecule has 0 aliphatic heterocycles. The fourth-order valence-electron chi connectivity index (χ4n) is 2.52. The van der Waals surface area contributed by atoms with Gasteiger partial charge in [-0.1, -0.05) is 18.2 Å². The Morgan fingerprint density at radius 2 is 1.96 bits per heavy atom. The van der Waals surface area contributed by atoms with E-state index in [4.69, 9.17) is 9.15 Å². The van der Waals surface area contributed by atoms with Crippen LogP contribution in [0.5, 0.6) is 5.75 Å². The van der Waals surface area contributed by atoms with Crippen LogP contribution in [0.3, 0.4) is 0 Å². The molecule has 0 atom stereocenters. The van der Waals surface area contributed by atoms with E-state index in [9.17, 15) is 4.79 Å². The number of hydrogen-bond donors (Lipinski definition) is 1. The van der Waals surface area contributed by atoms with Gasteiger partial charge in [0, 0.05) is 28.2 Å². The number of carbonyl (C=O) groups is 1. The molecule has 2 heterocycles. The van der Waals surface area contributed by atoms with Gasteiger partial charge in [0.2, 0.25) is 18.1 Å². The third-order valence-corrected chi connectivity index (χ3v) is 3.72. The predicted octanol–water partition coefficient (Wildman–Crippen LogP) is 3.48. The minimum atomic E-state index is -0.0755. The van der Waals surface area contributed by atoms with Crippen molar-refractivity contribution in [1.29, 1.82) is 0 Å². The number of aromatic amines is 1. The van der Waals surface area contributed by atoms with Crippen molar-refractivity contribution in [3.05, 3.63) is 66.7 Å². The first kappa shape index (κ1) is 14.2. The van der Waals surface area contributed by atoms with Crippen molar-refractivity contribution in [2.45, 2.75) is 0 Å². The predicted molar refractivity (Wildman–Crippen MR) is 87.9 cm³/mol. The van der Waals surface area contributed by atoms with E-state index in [0.29, 0.717) is 17.2 Å². The molecule has 1 N–H and O–H groups in total. The molecule has 0 saturated heterocycles. The second-order valence-electron chi connectivity index (χ2n) is 5.23. The van der Waals surface area contributed by atoms with Gasteiger partial charge in [-0.15, -0.1) is 10.2 Å². The highest BCUT2D eigenvalue weighted by Crippen LogP contribution is 2.21. The van der Waals surface area contributed by atoms with Gasteiger partial charge in [-0.25, -0.2) is 0 Å². The van der Waals surface area contributed by atoms with Gasteiger partial charge < -0.3 is 14.1 Å². The quantitative estimate of drug-likeness (QED) is 0.570. The van der Waals surface area contributed by atoms with Gasteiger partial charge in [0.1, 0.15) is 5.75 Å². The zero-order chi connectivity index (χ0) is 16.4. The molecule has 0 aliphatic carbocycles. The average Bonchev–Trinajstić information content (AvgIpc) is 3.30. The van der Waals surface area contributed by atoms with Crippen molar-refractivity contribution in [3.63, 3.8) is 0 Å². The lowest BCUT2D eigenvalue weighted by molar-refractivity contribution is 0.0923. The molecule has 6 nitrogen and oxygen atoms in total. The fraction of sp³-hybridized carbons (Fsp3) is 0.0556. The molecule has 24 heavy (non-hydrogen) atoms. The van der Waals surface area contributed by atoms with E-state index in [-0.39, 0.29) is 12.4 Å². The second kappa shape index (κ2) is 6.00. The van der Waals surface area contributed by atoms with Crippen LogP contribution in [0.15, 0.2) is 65.5 Å². The lowest BCUT2D eigenvalue weighted by atomic mass is 10.1. The van der Waals surface area contributed by atoms with E-state index in [0.717, 1.165) is 16.5 Å². The van der Waals surface area contributed by atoms with Crippen LogP contribution < -0.4 is 4.74 Å². The molecule has 0 bridgehead atoms. The van der Waals surface area contributed by atoms with Crippen LogP contribution in [0.25, 0.3) is 22.4 Å². The number of rotatable bonds is 5. The molecule has 4 rings (SSSR count). The van der Waals surface area contributed by atoms with Crippen LogP contribution in [0.4, 0.5) is 0 Å². The number of ketones is 1. The van der Waals surface area contributed by atoms with Crippen molar-refractivity contribution in [2.75, 3.05) is 6.61 Å². The molecule has 2 aromatic heterocycles. The van der Waals surface area contributed by atoms with Gasteiger partial charge in [0.05, 0.1) is 0 Å². The monoisotopic (exact) mass is 319 g/mol. The first-order valence-corrected chi connectivity index (χ1v) is 7.40. The van der Waals surface area contributed by atoms with Crippen molar-refractivity contribution in [1.82, 2.24) is 15.2 Å². The van der Waals surface area contributed by atoms with Crippen LogP contribution in [0.2, 0.25) is 0 Å². The van der Waals surface area contributed by atoms with Crippen molar-refractivity contribution >= 4 is 16.7 Å². The van der Waals surface area contributed by atoms with E-state index in [1.807, 2.05) is 24.3 Å². The number of para-hydroxylation sites is 1. The summed E-state index contributed by atoms with van der Waals surface area (Å²) in [5.41, 5.74) is 2.36. The number of aromatic nitrogens is 3. The number of H-pyrrole nitrogens is 1. The van der Waals surface area contributed by atoms with Crippen LogP contribution >= 0.6 is 0 Å². The Morgan fingerprint density at radius 1 is 1.12 bits per heavy atom. The van der Waals surface area contributed by atoms with Crippen molar-refractivity contribution < 1.29 is 13.9 Å². The summed E-state index contributed by atoms with van der Waals surface area (Å²) in [6.45, 7) is -0.0260. The summed E-state index contributed by atoms with van der Waals surface area (Å²) in [5.74, 6) is 0.969. The standard InChI is InChI=1S/C18H13N3O3/c22-17(15-9-19-16-4-2-1-3-14(15)16)10-23-13-7-5-12(6-8-13)18-21-20-11-24-18/h1-9,11,19H,10H2. The van der Waals surface area contributed by atoms with Crippen LogP contribution in [-0.2, 0) is 0 Å². The first-order chi connectivity index (χ1) is 11.8. The lowest BCUT2D eigenvalue weighted by Crippen LogP contribution is -2.11. The molecule has 0 radical (unpaired) electrons. The number of nitrogens with one attached hydrogen (secondary N) is 1. The molecule has 0 fully saturated rings. The summed E-state index contributed by atoms with van der Waals surface area (Å²) in [7, 11) is 0. The zero-order valence-corrected chi connectivity index (χ0v) is 12.6. The van der Waals surface area contributed by atoms with Gasteiger partial charge in [0.15, 0.2) is 6.61 Å². The highest BCUT2D eigenvalue weighted by Gasteiger charge is 2.12.